The summed E-state index contributed by atoms with van der Waals surface area (Å²) in [6.07, 6.45) is 1.32. The van der Waals surface area contributed by atoms with Crippen molar-refractivity contribution >= 4 is 27.3 Å². The normalized spacial score (nSPS) is 10.8. The van der Waals surface area contributed by atoms with Crippen LogP contribution in [0.25, 0.3) is 0 Å². The summed E-state index contributed by atoms with van der Waals surface area (Å²) in [7, 11) is -3.99. The molecule has 0 aliphatic carbocycles. The van der Waals surface area contributed by atoms with Crippen molar-refractivity contribution in [3.05, 3.63) is 47.2 Å². The van der Waals surface area contributed by atoms with E-state index in [1.165, 1.54) is 36.5 Å². The summed E-state index contributed by atoms with van der Waals surface area (Å²) in [5.41, 5.74) is -0.118. The highest BCUT2D eigenvalue weighted by molar-refractivity contribution is 7.92. The minimum Gasteiger partial charge on any atom is -0.508 e. The number of nitrogens with one attached hydrogen (secondary N) is 1. The molecular weight excluding hydrogens is 302 g/mol. The topological polar surface area (TPSA) is 103 Å². The fourth-order valence-electron chi connectivity index (χ4n) is 1.48. The number of pyridine rings is 1. The van der Waals surface area contributed by atoms with Gasteiger partial charge in [0.05, 0.1) is 10.7 Å². The molecular formula is C12H8ClN3O3S. The molecule has 0 aliphatic rings. The van der Waals surface area contributed by atoms with Gasteiger partial charge in [0, 0.05) is 12.3 Å². The van der Waals surface area contributed by atoms with Crippen LogP contribution in [-0.2, 0) is 10.0 Å². The van der Waals surface area contributed by atoms with Gasteiger partial charge >= 0.3 is 0 Å². The summed E-state index contributed by atoms with van der Waals surface area (Å²) in [5.74, 6) is -0.0861. The van der Waals surface area contributed by atoms with Crippen LogP contribution < -0.4 is 4.72 Å². The second-order valence-electron chi connectivity index (χ2n) is 3.73. The lowest BCUT2D eigenvalue weighted by molar-refractivity contribution is 0.475. The summed E-state index contributed by atoms with van der Waals surface area (Å²) in [4.78, 5) is 3.44. The van der Waals surface area contributed by atoms with E-state index in [0.29, 0.717) is 0 Å². The lowest BCUT2D eigenvalue weighted by Crippen LogP contribution is -2.15. The Balaban J connectivity index is 2.44. The Hall–Kier alpha value is -2.30. The molecule has 8 heteroatoms. The second kappa shape index (κ2) is 5.36. The molecule has 0 saturated heterocycles. The number of rotatable bonds is 3. The van der Waals surface area contributed by atoms with Crippen LogP contribution in [0.15, 0.2) is 41.4 Å². The highest BCUT2D eigenvalue weighted by Gasteiger charge is 2.20. The first-order valence-corrected chi connectivity index (χ1v) is 7.16. The predicted molar refractivity (Wildman–Crippen MR) is 72.9 cm³/mol. The zero-order chi connectivity index (χ0) is 14.8. The van der Waals surface area contributed by atoms with E-state index in [2.05, 4.69) is 9.71 Å². The van der Waals surface area contributed by atoms with Crippen LogP contribution in [-0.4, -0.2) is 18.5 Å². The Labute approximate surface area is 120 Å². The standard InChI is InChI=1S/C12H8ClN3O3S/c13-9-6-8(17)3-4-10(9)16-20(18,19)12-2-1-5-15-11(12)7-14/h1-6,16-17H. The number of hydrogen-bond acceptors (Lipinski definition) is 5. The van der Waals surface area contributed by atoms with Crippen LogP contribution in [0.5, 0.6) is 5.75 Å². The molecule has 102 valence electrons. The molecule has 0 bridgehead atoms. The molecule has 1 aromatic carbocycles. The van der Waals surface area contributed by atoms with Crippen molar-refractivity contribution in [2.45, 2.75) is 4.90 Å². The van der Waals surface area contributed by atoms with Gasteiger partial charge in [-0.1, -0.05) is 11.6 Å². The third-order valence-electron chi connectivity index (χ3n) is 2.36. The van der Waals surface area contributed by atoms with Gasteiger partial charge in [-0.15, -0.1) is 0 Å². The summed E-state index contributed by atoms with van der Waals surface area (Å²) >= 11 is 5.83. The van der Waals surface area contributed by atoms with Crippen molar-refractivity contribution < 1.29 is 13.5 Å². The molecule has 0 amide bonds. The molecule has 2 rings (SSSR count). The minimum absolute atomic E-state index is 0.0379. The van der Waals surface area contributed by atoms with Crippen LogP contribution in [0.3, 0.4) is 0 Å². The lowest BCUT2D eigenvalue weighted by atomic mass is 10.3. The maximum atomic E-state index is 12.2. The first-order valence-electron chi connectivity index (χ1n) is 5.30. The molecule has 0 spiro atoms. The van der Waals surface area contributed by atoms with E-state index in [4.69, 9.17) is 16.9 Å². The van der Waals surface area contributed by atoms with Crippen LogP contribution in [0, 0.1) is 11.3 Å². The van der Waals surface area contributed by atoms with Crippen molar-refractivity contribution in [2.75, 3.05) is 4.72 Å². The molecule has 0 unspecified atom stereocenters. The molecule has 2 N–H and O–H groups in total. The number of aromatic hydroxyl groups is 1. The van der Waals surface area contributed by atoms with E-state index in [9.17, 15) is 13.5 Å². The molecule has 0 radical (unpaired) electrons. The van der Waals surface area contributed by atoms with Crippen LogP contribution in [0.1, 0.15) is 5.69 Å². The summed E-state index contributed by atoms with van der Waals surface area (Å²) in [6, 6.07) is 8.19. The maximum absolute atomic E-state index is 12.2. The van der Waals surface area contributed by atoms with Gasteiger partial charge in [0.1, 0.15) is 16.7 Å². The number of nitrogens with zero attached hydrogens (tertiary/aromatic N) is 2. The second-order valence-corrected chi connectivity index (χ2v) is 5.79. The van der Waals surface area contributed by atoms with Crippen LogP contribution in [0.2, 0.25) is 5.02 Å². The van der Waals surface area contributed by atoms with Gasteiger partial charge in [-0.25, -0.2) is 13.4 Å². The number of nitriles is 1. The third-order valence-corrected chi connectivity index (χ3v) is 4.07. The van der Waals surface area contributed by atoms with Gasteiger partial charge < -0.3 is 5.11 Å². The first-order chi connectivity index (χ1) is 9.44. The van der Waals surface area contributed by atoms with E-state index in [1.54, 1.807) is 6.07 Å². The lowest BCUT2D eigenvalue weighted by Gasteiger charge is -2.10. The summed E-state index contributed by atoms with van der Waals surface area (Å²) in [6.45, 7) is 0. The average Bonchev–Trinajstić information content (AvgIpc) is 2.42. The van der Waals surface area contributed by atoms with E-state index < -0.39 is 10.0 Å². The Morgan fingerprint density at radius 1 is 1.35 bits per heavy atom. The van der Waals surface area contributed by atoms with E-state index in [-0.39, 0.29) is 27.0 Å². The largest absolute Gasteiger partial charge is 0.508 e. The number of aromatic nitrogens is 1. The van der Waals surface area contributed by atoms with Crippen molar-refractivity contribution in [3.8, 4) is 11.8 Å². The number of benzene rings is 1. The summed E-state index contributed by atoms with van der Waals surface area (Å²) < 4.78 is 26.6. The fraction of sp³-hybridized carbons (Fsp3) is 0. The molecule has 0 saturated carbocycles. The zero-order valence-electron chi connectivity index (χ0n) is 9.91. The average molecular weight is 310 g/mol. The SMILES string of the molecule is N#Cc1ncccc1S(=O)(=O)Nc1ccc(O)cc1Cl. The fourth-order valence-corrected chi connectivity index (χ4v) is 2.94. The Kier molecular flexibility index (Phi) is 3.79. The molecule has 20 heavy (non-hydrogen) atoms. The monoisotopic (exact) mass is 309 g/mol. The molecule has 1 aromatic heterocycles. The molecule has 0 atom stereocenters. The number of halogens is 1. The number of anilines is 1. The smallest absolute Gasteiger partial charge is 0.264 e. The Bertz CT molecular complexity index is 800. The van der Waals surface area contributed by atoms with Crippen molar-refractivity contribution in [2.24, 2.45) is 0 Å². The molecule has 1 heterocycles. The maximum Gasteiger partial charge on any atom is 0.264 e. The third kappa shape index (κ3) is 2.82. The van der Waals surface area contributed by atoms with Crippen LogP contribution >= 0.6 is 11.6 Å². The van der Waals surface area contributed by atoms with Crippen LogP contribution in [0.4, 0.5) is 5.69 Å². The number of phenolic OH excluding ortho intramolecular Hbond substituents is 1. The minimum atomic E-state index is -3.99. The van der Waals surface area contributed by atoms with Crippen molar-refractivity contribution in [1.82, 2.24) is 4.98 Å². The number of sulfonamides is 1. The van der Waals surface area contributed by atoms with Gasteiger partial charge in [-0.2, -0.15) is 5.26 Å². The molecule has 0 aliphatic heterocycles. The predicted octanol–water partition coefficient (Wildman–Crippen LogP) is 2.11. The Morgan fingerprint density at radius 3 is 2.75 bits per heavy atom. The highest BCUT2D eigenvalue weighted by atomic mass is 35.5. The molecule has 6 nitrogen and oxygen atoms in total. The first kappa shape index (κ1) is 14.1. The number of phenols is 1. The molecule has 0 fully saturated rings. The van der Waals surface area contributed by atoms with Gasteiger partial charge in [0.15, 0.2) is 5.69 Å². The van der Waals surface area contributed by atoms with E-state index >= 15 is 0 Å². The highest BCUT2D eigenvalue weighted by Crippen LogP contribution is 2.28. The quantitative estimate of drug-likeness (QED) is 0.845. The van der Waals surface area contributed by atoms with Gasteiger partial charge in [-0.3, -0.25) is 4.72 Å². The van der Waals surface area contributed by atoms with Gasteiger partial charge in [-0.05, 0) is 24.3 Å². The molecule has 2 aromatic rings. The Morgan fingerprint density at radius 2 is 2.10 bits per heavy atom. The van der Waals surface area contributed by atoms with Gasteiger partial charge in [0.25, 0.3) is 10.0 Å². The summed E-state index contributed by atoms with van der Waals surface area (Å²) in [5, 5.41) is 18.1. The number of hydrogen-bond donors (Lipinski definition) is 2. The van der Waals surface area contributed by atoms with E-state index in [0.717, 1.165) is 0 Å². The van der Waals surface area contributed by atoms with Gasteiger partial charge in [0.2, 0.25) is 0 Å². The zero-order valence-corrected chi connectivity index (χ0v) is 11.5. The van der Waals surface area contributed by atoms with Crippen molar-refractivity contribution in [3.63, 3.8) is 0 Å². The van der Waals surface area contributed by atoms with Crippen molar-refractivity contribution in [1.29, 1.82) is 5.26 Å². The van der Waals surface area contributed by atoms with E-state index in [1.807, 2.05) is 0 Å².